The smallest absolute Gasteiger partial charge is 0.138 e. The predicted molar refractivity (Wildman–Crippen MR) is 90.5 cm³/mol. The van der Waals surface area contributed by atoms with Crippen molar-refractivity contribution < 1.29 is 4.74 Å². The van der Waals surface area contributed by atoms with Gasteiger partial charge in [-0.2, -0.15) is 0 Å². The third-order valence-corrected chi connectivity index (χ3v) is 3.66. The van der Waals surface area contributed by atoms with Gasteiger partial charge in [-0.25, -0.2) is 0 Å². The molecule has 0 fully saturated rings. The second kappa shape index (κ2) is 6.86. The summed E-state index contributed by atoms with van der Waals surface area (Å²) in [6.45, 7) is 8.96. The molecule has 0 aliphatic carbocycles. The molecule has 0 atom stereocenters. The van der Waals surface area contributed by atoms with Crippen molar-refractivity contribution in [3.05, 3.63) is 58.1 Å². The van der Waals surface area contributed by atoms with Crippen molar-refractivity contribution in [2.24, 2.45) is 0 Å². The Bertz CT molecular complexity index is 623. The monoisotopic (exact) mass is 303 g/mol. The Kier molecular flexibility index (Phi) is 5.13. The van der Waals surface area contributed by atoms with Crippen LogP contribution in [0.4, 0.5) is 5.69 Å². The van der Waals surface area contributed by atoms with Crippen LogP contribution in [0, 0.1) is 13.8 Å². The largest absolute Gasteiger partial charge is 0.489 e. The molecule has 0 spiro atoms. The summed E-state index contributed by atoms with van der Waals surface area (Å²) in [5, 5.41) is 4.07. The zero-order chi connectivity index (χ0) is 15.4. The van der Waals surface area contributed by atoms with Gasteiger partial charge < -0.3 is 10.1 Å². The Morgan fingerprint density at radius 1 is 1.05 bits per heavy atom. The molecular weight excluding hydrogens is 282 g/mol. The van der Waals surface area contributed by atoms with E-state index in [1.54, 1.807) is 0 Å². The number of nitrogens with one attached hydrogen (secondary N) is 1. The highest BCUT2D eigenvalue weighted by Crippen LogP contribution is 2.27. The third-order valence-electron chi connectivity index (χ3n) is 3.36. The van der Waals surface area contributed by atoms with Gasteiger partial charge in [0.05, 0.1) is 11.1 Å². The fourth-order valence-corrected chi connectivity index (χ4v) is 2.31. The molecule has 0 unspecified atom stereocenters. The SMILES string of the molecule is Cc1ccc(NCc2ccc(OC(C)C)c(Cl)c2)cc1C. The molecule has 0 saturated carbocycles. The normalized spacial score (nSPS) is 10.8. The number of hydrogen-bond acceptors (Lipinski definition) is 2. The molecular formula is C18H22ClNO. The van der Waals surface area contributed by atoms with Crippen LogP contribution in [-0.4, -0.2) is 6.10 Å². The minimum Gasteiger partial charge on any atom is -0.489 e. The van der Waals surface area contributed by atoms with Gasteiger partial charge in [0, 0.05) is 12.2 Å². The molecule has 0 aliphatic rings. The van der Waals surface area contributed by atoms with Crippen LogP contribution in [0.25, 0.3) is 0 Å². The predicted octanol–water partition coefficient (Wildman–Crippen LogP) is 5.36. The lowest BCUT2D eigenvalue weighted by Gasteiger charge is -2.13. The van der Waals surface area contributed by atoms with Crippen LogP contribution < -0.4 is 10.1 Å². The number of rotatable bonds is 5. The summed E-state index contributed by atoms with van der Waals surface area (Å²) < 4.78 is 5.64. The topological polar surface area (TPSA) is 21.3 Å². The maximum atomic E-state index is 6.25. The van der Waals surface area contributed by atoms with E-state index >= 15 is 0 Å². The highest BCUT2D eigenvalue weighted by molar-refractivity contribution is 6.32. The number of anilines is 1. The summed E-state index contributed by atoms with van der Waals surface area (Å²) in [7, 11) is 0. The molecule has 2 aromatic rings. The first-order valence-electron chi connectivity index (χ1n) is 7.22. The molecule has 0 bridgehead atoms. The van der Waals surface area contributed by atoms with E-state index in [1.165, 1.54) is 11.1 Å². The molecule has 0 heterocycles. The Morgan fingerprint density at radius 2 is 1.81 bits per heavy atom. The molecule has 0 amide bonds. The van der Waals surface area contributed by atoms with Gasteiger partial charge >= 0.3 is 0 Å². The fraction of sp³-hybridized carbons (Fsp3) is 0.333. The number of halogens is 1. The highest BCUT2D eigenvalue weighted by atomic mass is 35.5. The maximum absolute atomic E-state index is 6.25. The second-order valence-electron chi connectivity index (χ2n) is 5.58. The number of ether oxygens (including phenoxy) is 1. The summed E-state index contributed by atoms with van der Waals surface area (Å²) in [6, 6.07) is 12.3. The molecule has 2 rings (SSSR count). The standard InChI is InChI=1S/C18H22ClNO/c1-12(2)21-18-8-6-15(10-17(18)19)11-20-16-7-5-13(3)14(4)9-16/h5-10,12,20H,11H2,1-4H3. The fourth-order valence-electron chi connectivity index (χ4n) is 2.06. The molecule has 0 aliphatic heterocycles. The summed E-state index contributed by atoms with van der Waals surface area (Å²) in [6.07, 6.45) is 0.127. The van der Waals surface area contributed by atoms with Gasteiger partial charge in [0.15, 0.2) is 0 Å². The first kappa shape index (κ1) is 15.7. The van der Waals surface area contributed by atoms with E-state index < -0.39 is 0 Å². The summed E-state index contributed by atoms with van der Waals surface area (Å²) in [5.41, 5.74) is 4.85. The van der Waals surface area contributed by atoms with Crippen molar-refractivity contribution in [3.8, 4) is 5.75 Å². The van der Waals surface area contributed by atoms with E-state index in [0.717, 1.165) is 23.5 Å². The minimum absolute atomic E-state index is 0.127. The number of benzene rings is 2. The van der Waals surface area contributed by atoms with Gasteiger partial charge in [-0.05, 0) is 68.7 Å². The van der Waals surface area contributed by atoms with E-state index in [-0.39, 0.29) is 6.10 Å². The lowest BCUT2D eigenvalue weighted by molar-refractivity contribution is 0.242. The highest BCUT2D eigenvalue weighted by Gasteiger charge is 2.05. The van der Waals surface area contributed by atoms with Crippen LogP contribution in [0.15, 0.2) is 36.4 Å². The van der Waals surface area contributed by atoms with Crippen molar-refractivity contribution in [1.29, 1.82) is 0 Å². The zero-order valence-electron chi connectivity index (χ0n) is 13.0. The number of aryl methyl sites for hydroxylation is 2. The number of hydrogen-bond donors (Lipinski definition) is 1. The molecule has 1 N–H and O–H groups in total. The van der Waals surface area contributed by atoms with E-state index in [4.69, 9.17) is 16.3 Å². The zero-order valence-corrected chi connectivity index (χ0v) is 13.8. The van der Waals surface area contributed by atoms with Crippen LogP contribution in [-0.2, 0) is 6.54 Å². The van der Waals surface area contributed by atoms with E-state index in [9.17, 15) is 0 Å². The molecule has 2 nitrogen and oxygen atoms in total. The Hall–Kier alpha value is -1.67. The van der Waals surface area contributed by atoms with Crippen molar-refractivity contribution in [2.45, 2.75) is 40.3 Å². The van der Waals surface area contributed by atoms with Crippen LogP contribution in [0.3, 0.4) is 0 Å². The van der Waals surface area contributed by atoms with E-state index in [1.807, 2.05) is 32.0 Å². The summed E-state index contributed by atoms with van der Waals surface area (Å²) in [5.74, 6) is 0.738. The van der Waals surface area contributed by atoms with Gasteiger partial charge in [-0.15, -0.1) is 0 Å². The van der Waals surface area contributed by atoms with Crippen LogP contribution in [0.2, 0.25) is 5.02 Å². The summed E-state index contributed by atoms with van der Waals surface area (Å²) >= 11 is 6.25. The van der Waals surface area contributed by atoms with E-state index in [0.29, 0.717) is 5.02 Å². The van der Waals surface area contributed by atoms with Gasteiger partial charge in [0.25, 0.3) is 0 Å². The van der Waals surface area contributed by atoms with Gasteiger partial charge in [0.2, 0.25) is 0 Å². The van der Waals surface area contributed by atoms with Crippen LogP contribution in [0.1, 0.15) is 30.5 Å². The molecule has 0 radical (unpaired) electrons. The minimum atomic E-state index is 0.127. The molecule has 0 saturated heterocycles. The van der Waals surface area contributed by atoms with Crippen LogP contribution in [0.5, 0.6) is 5.75 Å². The van der Waals surface area contributed by atoms with Gasteiger partial charge in [0.1, 0.15) is 5.75 Å². The average molecular weight is 304 g/mol. The Balaban J connectivity index is 2.03. The quantitative estimate of drug-likeness (QED) is 0.803. The first-order valence-corrected chi connectivity index (χ1v) is 7.59. The van der Waals surface area contributed by atoms with Crippen molar-refractivity contribution in [2.75, 3.05) is 5.32 Å². The van der Waals surface area contributed by atoms with Crippen molar-refractivity contribution in [1.82, 2.24) is 0 Å². The second-order valence-corrected chi connectivity index (χ2v) is 5.99. The molecule has 3 heteroatoms. The van der Waals surface area contributed by atoms with Crippen molar-refractivity contribution >= 4 is 17.3 Å². The Morgan fingerprint density at radius 3 is 2.43 bits per heavy atom. The molecule has 2 aromatic carbocycles. The van der Waals surface area contributed by atoms with Crippen molar-refractivity contribution in [3.63, 3.8) is 0 Å². The average Bonchev–Trinajstić information content (AvgIpc) is 2.42. The van der Waals surface area contributed by atoms with Gasteiger partial charge in [-0.3, -0.25) is 0 Å². The van der Waals surface area contributed by atoms with E-state index in [2.05, 4.69) is 37.4 Å². The Labute approximate surface area is 132 Å². The lowest BCUT2D eigenvalue weighted by atomic mass is 10.1. The molecule has 21 heavy (non-hydrogen) atoms. The van der Waals surface area contributed by atoms with Crippen LogP contribution >= 0.6 is 11.6 Å². The first-order chi connectivity index (χ1) is 9.95. The van der Waals surface area contributed by atoms with Gasteiger partial charge in [-0.1, -0.05) is 23.7 Å². The lowest BCUT2D eigenvalue weighted by Crippen LogP contribution is -2.06. The molecule has 0 aromatic heterocycles. The molecule has 112 valence electrons. The summed E-state index contributed by atoms with van der Waals surface area (Å²) in [4.78, 5) is 0. The maximum Gasteiger partial charge on any atom is 0.138 e. The third kappa shape index (κ3) is 4.40.